The molecule has 30 heavy (non-hydrogen) atoms. The number of hydrogen-bond donors (Lipinski definition) is 1. The number of nitrogens with zero attached hydrogens (tertiary/aromatic N) is 1. The number of benzene rings is 2. The Morgan fingerprint density at radius 1 is 1.30 bits per heavy atom. The smallest absolute Gasteiger partial charge is 0.407 e. The predicted octanol–water partition coefficient (Wildman–Crippen LogP) is 6.32. The van der Waals surface area contributed by atoms with Crippen molar-refractivity contribution in [1.29, 1.82) is 0 Å². The molecule has 7 heteroatoms. The van der Waals surface area contributed by atoms with Crippen molar-refractivity contribution in [3.05, 3.63) is 52.3 Å². The largest absolute Gasteiger partial charge is 0.455 e. The lowest BCUT2D eigenvalue weighted by Crippen LogP contribution is -2.50. The third kappa shape index (κ3) is 4.00. The molecular weight excluding hydrogens is 451 g/mol. The number of para-hydroxylation sites is 1. The molecule has 2 heterocycles. The molecule has 0 saturated carbocycles. The summed E-state index contributed by atoms with van der Waals surface area (Å²) in [4.78, 5) is 14.8. The van der Waals surface area contributed by atoms with E-state index in [1.165, 1.54) is 12.1 Å². The fourth-order valence-corrected chi connectivity index (χ4v) is 5.05. The maximum Gasteiger partial charge on any atom is 0.407 e. The number of halogens is 2. The van der Waals surface area contributed by atoms with Gasteiger partial charge in [0.25, 0.3) is 0 Å². The van der Waals surface area contributed by atoms with Crippen LogP contribution in [0.1, 0.15) is 51.1 Å². The molecule has 0 spiro atoms. The highest BCUT2D eigenvalue weighted by molar-refractivity contribution is 9.10. The van der Waals surface area contributed by atoms with Gasteiger partial charge >= 0.3 is 6.09 Å². The Kier molecular flexibility index (Phi) is 6.18. The zero-order chi connectivity index (χ0) is 21.3. The fourth-order valence-electron chi connectivity index (χ4n) is 4.41. The minimum atomic E-state index is -0.392. The zero-order valence-corrected chi connectivity index (χ0v) is 18.7. The van der Waals surface area contributed by atoms with Crippen molar-refractivity contribution in [2.24, 2.45) is 0 Å². The maximum absolute atomic E-state index is 14.1. The SMILES string of the molecule is CCC(CC)OC(=O)N[C@@H]1CCCN2c3c(Br)cc(F)cc3Oc3ccccc3[C@H]12. The highest BCUT2D eigenvalue weighted by atomic mass is 79.9. The summed E-state index contributed by atoms with van der Waals surface area (Å²) in [6, 6.07) is 10.3. The molecular formula is C23H26BrFN2O3. The van der Waals surface area contributed by atoms with Crippen LogP contribution in [0.2, 0.25) is 0 Å². The van der Waals surface area contributed by atoms with Gasteiger partial charge in [0.05, 0.1) is 17.8 Å². The topological polar surface area (TPSA) is 50.8 Å². The van der Waals surface area contributed by atoms with Gasteiger partial charge in [-0.25, -0.2) is 9.18 Å². The van der Waals surface area contributed by atoms with Gasteiger partial charge in [-0.2, -0.15) is 0 Å². The highest BCUT2D eigenvalue weighted by Crippen LogP contribution is 2.50. The first kappa shape index (κ1) is 21.0. The molecule has 1 N–H and O–H groups in total. The summed E-state index contributed by atoms with van der Waals surface area (Å²) >= 11 is 3.52. The molecule has 0 unspecified atom stereocenters. The summed E-state index contributed by atoms with van der Waals surface area (Å²) in [6.45, 7) is 4.80. The first-order chi connectivity index (χ1) is 14.5. The summed E-state index contributed by atoms with van der Waals surface area (Å²) < 4.78 is 26.5. The molecule has 1 fully saturated rings. The number of carbonyl (C=O) groups is 1. The molecule has 2 atom stereocenters. The van der Waals surface area contributed by atoms with Crippen molar-refractivity contribution in [2.75, 3.05) is 11.4 Å². The molecule has 2 aliphatic rings. The van der Waals surface area contributed by atoms with Crippen LogP contribution in [-0.4, -0.2) is 24.8 Å². The molecule has 4 rings (SSSR count). The van der Waals surface area contributed by atoms with Gasteiger partial charge in [-0.1, -0.05) is 32.0 Å². The normalized spacial score (nSPS) is 19.8. The van der Waals surface area contributed by atoms with Crippen LogP contribution in [0.15, 0.2) is 40.9 Å². The number of nitrogens with one attached hydrogen (secondary N) is 1. The van der Waals surface area contributed by atoms with E-state index in [4.69, 9.17) is 9.47 Å². The molecule has 0 aliphatic carbocycles. The molecule has 5 nitrogen and oxygen atoms in total. The van der Waals surface area contributed by atoms with Crippen molar-refractivity contribution in [1.82, 2.24) is 5.32 Å². The summed E-state index contributed by atoms with van der Waals surface area (Å²) in [5.74, 6) is 0.778. The van der Waals surface area contributed by atoms with E-state index in [1.54, 1.807) is 0 Å². The van der Waals surface area contributed by atoms with Crippen molar-refractivity contribution in [3.8, 4) is 11.5 Å². The van der Waals surface area contributed by atoms with E-state index >= 15 is 0 Å². The van der Waals surface area contributed by atoms with Crippen LogP contribution in [0.3, 0.4) is 0 Å². The third-order valence-electron chi connectivity index (χ3n) is 5.86. The Morgan fingerprint density at radius 2 is 2.07 bits per heavy atom. The lowest BCUT2D eigenvalue weighted by atomic mass is 9.89. The van der Waals surface area contributed by atoms with E-state index in [0.717, 1.165) is 43.5 Å². The van der Waals surface area contributed by atoms with Crippen LogP contribution in [0.5, 0.6) is 11.5 Å². The Bertz CT molecular complexity index is 935. The minimum absolute atomic E-state index is 0.0905. The zero-order valence-electron chi connectivity index (χ0n) is 17.2. The quantitative estimate of drug-likeness (QED) is 0.560. The maximum atomic E-state index is 14.1. The Hall–Kier alpha value is -2.28. The molecule has 1 saturated heterocycles. The van der Waals surface area contributed by atoms with E-state index in [1.807, 2.05) is 38.1 Å². The van der Waals surface area contributed by atoms with Crippen LogP contribution < -0.4 is 15.0 Å². The minimum Gasteiger partial charge on any atom is -0.455 e. The predicted molar refractivity (Wildman–Crippen MR) is 118 cm³/mol. The molecule has 1 amide bonds. The van der Waals surface area contributed by atoms with E-state index in [0.29, 0.717) is 16.0 Å². The number of rotatable bonds is 4. The number of piperidine rings is 1. The summed E-state index contributed by atoms with van der Waals surface area (Å²) in [5.41, 5.74) is 1.77. The molecule has 2 aromatic carbocycles. The van der Waals surface area contributed by atoms with E-state index in [2.05, 4.69) is 26.1 Å². The van der Waals surface area contributed by atoms with Crippen LogP contribution >= 0.6 is 15.9 Å². The number of alkyl carbamates (subject to hydrolysis) is 1. The molecule has 0 radical (unpaired) electrons. The first-order valence-electron chi connectivity index (χ1n) is 10.5. The molecule has 2 aliphatic heterocycles. The fraction of sp³-hybridized carbons (Fsp3) is 0.435. The first-order valence-corrected chi connectivity index (χ1v) is 11.3. The number of amides is 1. The molecule has 160 valence electrons. The van der Waals surface area contributed by atoms with Gasteiger partial charge in [-0.05, 0) is 53.7 Å². The second kappa shape index (κ2) is 8.84. The molecule has 0 aromatic heterocycles. The third-order valence-corrected chi connectivity index (χ3v) is 6.46. The van der Waals surface area contributed by atoms with Crippen molar-refractivity contribution in [3.63, 3.8) is 0 Å². The number of hydrogen-bond acceptors (Lipinski definition) is 4. The number of carbonyl (C=O) groups excluding carboxylic acids is 1. The van der Waals surface area contributed by atoms with Gasteiger partial charge in [0.2, 0.25) is 0 Å². The standard InChI is InChI=1S/C23H26BrFN2O3/c1-3-15(4-2)29-23(28)26-18-9-7-11-27-21(18)16-8-5-6-10-19(16)30-20-13-14(25)12-17(24)22(20)27/h5-6,8,10,12-13,15,18,21H,3-4,7,9,11H2,1-2H3,(H,26,28)/t18-,21-/m1/s1. The van der Waals surface area contributed by atoms with Crippen molar-refractivity contribution >= 4 is 27.7 Å². The van der Waals surface area contributed by atoms with E-state index in [9.17, 15) is 9.18 Å². The van der Waals surface area contributed by atoms with Crippen LogP contribution in [0, 0.1) is 5.82 Å². The van der Waals surface area contributed by atoms with Crippen LogP contribution in [0.4, 0.5) is 14.9 Å². The summed E-state index contributed by atoms with van der Waals surface area (Å²) in [5, 5.41) is 3.10. The molecule has 0 bridgehead atoms. The lowest BCUT2D eigenvalue weighted by molar-refractivity contribution is 0.0875. The van der Waals surface area contributed by atoms with E-state index in [-0.39, 0.29) is 24.0 Å². The highest BCUT2D eigenvalue weighted by Gasteiger charge is 2.40. The van der Waals surface area contributed by atoms with Crippen LogP contribution in [0.25, 0.3) is 0 Å². The Labute approximate surface area is 184 Å². The van der Waals surface area contributed by atoms with Gasteiger partial charge in [-0.3, -0.25) is 0 Å². The van der Waals surface area contributed by atoms with E-state index < -0.39 is 6.09 Å². The lowest BCUT2D eigenvalue weighted by Gasteiger charge is -2.42. The van der Waals surface area contributed by atoms with Gasteiger partial charge in [0, 0.05) is 22.6 Å². The van der Waals surface area contributed by atoms with Gasteiger partial charge in [-0.15, -0.1) is 0 Å². The van der Waals surface area contributed by atoms with Crippen molar-refractivity contribution in [2.45, 2.75) is 57.7 Å². The Balaban J connectivity index is 1.73. The monoisotopic (exact) mass is 476 g/mol. The second-order valence-corrected chi connectivity index (χ2v) is 8.60. The summed E-state index contributed by atoms with van der Waals surface area (Å²) in [6.07, 6.45) is 2.79. The van der Waals surface area contributed by atoms with Crippen molar-refractivity contribution < 1.29 is 18.7 Å². The number of anilines is 1. The number of ether oxygens (including phenoxy) is 2. The van der Waals surface area contributed by atoms with Crippen LogP contribution in [-0.2, 0) is 4.74 Å². The molecule has 2 aromatic rings. The van der Waals surface area contributed by atoms with Gasteiger partial charge in [0.1, 0.15) is 17.7 Å². The average Bonchev–Trinajstić information content (AvgIpc) is 2.86. The van der Waals surface area contributed by atoms with Gasteiger partial charge in [0.15, 0.2) is 5.75 Å². The Morgan fingerprint density at radius 3 is 2.83 bits per heavy atom. The second-order valence-electron chi connectivity index (χ2n) is 7.75. The summed E-state index contributed by atoms with van der Waals surface area (Å²) in [7, 11) is 0. The van der Waals surface area contributed by atoms with Gasteiger partial charge < -0.3 is 19.7 Å². The number of fused-ring (bicyclic) bond motifs is 5. The average molecular weight is 477 g/mol.